The highest BCUT2D eigenvalue weighted by atomic mass is 35.5. The molecule has 1 saturated carbocycles. The lowest BCUT2D eigenvalue weighted by atomic mass is 10.00. The van der Waals surface area contributed by atoms with E-state index in [0.717, 1.165) is 18.7 Å². The number of H-pyrrole nitrogens is 1. The van der Waals surface area contributed by atoms with E-state index in [0.29, 0.717) is 47.8 Å². The van der Waals surface area contributed by atoms with Crippen LogP contribution < -0.4 is 34.8 Å². The van der Waals surface area contributed by atoms with Crippen molar-refractivity contribution in [3.05, 3.63) is 52.3 Å². The average Bonchev–Trinajstić information content (AvgIpc) is 3.82. The molecule has 45 heavy (non-hydrogen) atoms. The Morgan fingerprint density at radius 2 is 1.80 bits per heavy atom. The van der Waals surface area contributed by atoms with Crippen molar-refractivity contribution in [3.8, 4) is 11.5 Å². The summed E-state index contributed by atoms with van der Waals surface area (Å²) in [5, 5.41) is 14.4. The van der Waals surface area contributed by atoms with Crippen LogP contribution >= 0.6 is 23.2 Å². The Labute approximate surface area is 270 Å². The van der Waals surface area contributed by atoms with Crippen molar-refractivity contribution in [2.75, 3.05) is 54.4 Å². The number of aromatic amines is 1. The molecule has 0 spiro atoms. The lowest BCUT2D eigenvalue weighted by molar-refractivity contribution is -0.117. The number of nitrogens with zero attached hydrogens (tertiary/aromatic N) is 6. The van der Waals surface area contributed by atoms with Gasteiger partial charge in [-0.05, 0) is 24.8 Å². The third-order valence-corrected chi connectivity index (χ3v) is 9.46. The molecule has 13 nitrogen and oxygen atoms in total. The lowest BCUT2D eigenvalue weighted by Gasteiger charge is -2.35. The maximum atomic E-state index is 13.7. The van der Waals surface area contributed by atoms with Gasteiger partial charge in [-0.15, -0.1) is 0 Å². The Bertz CT molecular complexity index is 1600. The van der Waals surface area contributed by atoms with E-state index in [2.05, 4.69) is 37.3 Å². The zero-order chi connectivity index (χ0) is 31.8. The van der Waals surface area contributed by atoms with E-state index in [9.17, 15) is 9.59 Å². The monoisotopic (exact) mass is 655 g/mol. The number of nitrogens with one attached hydrogen (secondary N) is 3. The lowest BCUT2D eigenvalue weighted by Crippen LogP contribution is -2.47. The van der Waals surface area contributed by atoms with Gasteiger partial charge in [0.15, 0.2) is 0 Å². The summed E-state index contributed by atoms with van der Waals surface area (Å²) >= 11 is 13.3. The molecule has 2 aromatic heterocycles. The summed E-state index contributed by atoms with van der Waals surface area (Å²) in [6, 6.07) is 0.665. The van der Waals surface area contributed by atoms with Crippen molar-refractivity contribution < 1.29 is 19.1 Å². The number of methoxy groups -OCH3 is 2. The van der Waals surface area contributed by atoms with Gasteiger partial charge in [0.25, 0.3) is 0 Å². The number of hydrogen-bond acceptors (Lipinski definition) is 9. The number of carbonyl (C=O) groups excluding carboxylic acids is 2. The zero-order valence-electron chi connectivity index (χ0n) is 25.3. The number of carbonyl (C=O) groups is 2. The van der Waals surface area contributed by atoms with Crippen molar-refractivity contribution >= 4 is 58.4 Å². The highest BCUT2D eigenvalue weighted by molar-refractivity contribution is 6.42. The standard InChI is InChI=1S/C30H35Cl2N9O4/c1-5-23(42)35-19-14-40(28-18(12-34-38-28)16-8-6-7-9-16)15-20(19)36-29-33-11-17-13-41(30(43)39(2)27(17)37-29)26-24(31)21(44-3)10-22(45-4)25(26)32/h5,10-12,16,19-20H,1,6-9,13-15H2,2-4H3,(H,34,38)(H,35,42)(H,33,36,37). The molecule has 3 amide bonds. The van der Waals surface area contributed by atoms with E-state index in [1.165, 1.54) is 48.5 Å². The number of urea groups is 1. The highest BCUT2D eigenvalue weighted by Gasteiger charge is 2.38. The van der Waals surface area contributed by atoms with Gasteiger partial charge in [0.05, 0.1) is 44.7 Å². The summed E-state index contributed by atoms with van der Waals surface area (Å²) in [4.78, 5) is 40.4. The van der Waals surface area contributed by atoms with E-state index in [4.69, 9.17) is 37.7 Å². The van der Waals surface area contributed by atoms with Crippen LogP contribution in [-0.4, -0.2) is 78.5 Å². The molecule has 4 heterocycles. The van der Waals surface area contributed by atoms with Gasteiger partial charge in [0.2, 0.25) is 11.9 Å². The Kier molecular flexibility index (Phi) is 8.65. The van der Waals surface area contributed by atoms with Crippen LogP contribution in [0.4, 0.5) is 28.1 Å². The number of rotatable bonds is 9. The van der Waals surface area contributed by atoms with Crippen LogP contribution in [0.5, 0.6) is 11.5 Å². The largest absolute Gasteiger partial charge is 0.495 e. The molecule has 2 unspecified atom stereocenters. The first-order valence-corrected chi connectivity index (χ1v) is 15.5. The average molecular weight is 657 g/mol. The van der Waals surface area contributed by atoms with Crippen molar-refractivity contribution in [2.24, 2.45) is 0 Å². The van der Waals surface area contributed by atoms with Crippen LogP contribution in [0.25, 0.3) is 0 Å². The molecule has 2 fully saturated rings. The van der Waals surface area contributed by atoms with Gasteiger partial charge in [-0.25, -0.2) is 9.78 Å². The molecule has 6 rings (SSSR count). The van der Waals surface area contributed by atoms with Gasteiger partial charge in [-0.3, -0.25) is 19.7 Å². The number of aromatic nitrogens is 4. The van der Waals surface area contributed by atoms with Gasteiger partial charge >= 0.3 is 6.03 Å². The summed E-state index contributed by atoms with van der Waals surface area (Å²) in [7, 11) is 4.57. The van der Waals surface area contributed by atoms with Crippen molar-refractivity contribution in [1.29, 1.82) is 0 Å². The first-order valence-electron chi connectivity index (χ1n) is 14.7. The van der Waals surface area contributed by atoms with Crippen LogP contribution in [0.15, 0.2) is 31.1 Å². The van der Waals surface area contributed by atoms with Gasteiger partial charge in [-0.2, -0.15) is 10.1 Å². The molecule has 0 radical (unpaired) electrons. The fourth-order valence-corrected chi connectivity index (χ4v) is 7.13. The summed E-state index contributed by atoms with van der Waals surface area (Å²) in [5.74, 6) is 2.59. The number of ether oxygens (including phenoxy) is 2. The van der Waals surface area contributed by atoms with Crippen LogP contribution in [0.2, 0.25) is 10.0 Å². The molecular formula is C30H35Cl2N9O4. The van der Waals surface area contributed by atoms with E-state index in [-0.39, 0.29) is 40.3 Å². The summed E-state index contributed by atoms with van der Waals surface area (Å²) in [5.41, 5.74) is 2.16. The fourth-order valence-electron chi connectivity index (χ4n) is 6.43. The summed E-state index contributed by atoms with van der Waals surface area (Å²) < 4.78 is 10.8. The van der Waals surface area contributed by atoms with E-state index < -0.39 is 6.03 Å². The smallest absolute Gasteiger partial charge is 0.330 e. The quantitative estimate of drug-likeness (QED) is 0.279. The molecular weight excluding hydrogens is 621 g/mol. The third-order valence-electron chi connectivity index (χ3n) is 8.73. The molecule has 2 atom stereocenters. The minimum atomic E-state index is -0.395. The molecule has 1 aromatic carbocycles. The maximum Gasteiger partial charge on any atom is 0.330 e. The first kappa shape index (κ1) is 30.8. The number of amides is 3. The van der Waals surface area contributed by atoms with Gasteiger partial charge < -0.3 is 25.0 Å². The normalized spacial score (nSPS) is 19.9. The fraction of sp³-hybridized carbons (Fsp3) is 0.433. The topological polar surface area (TPSA) is 141 Å². The van der Waals surface area contributed by atoms with Gasteiger partial charge in [0.1, 0.15) is 33.2 Å². The Morgan fingerprint density at radius 1 is 1.11 bits per heavy atom. The van der Waals surface area contributed by atoms with Crippen molar-refractivity contribution in [2.45, 2.75) is 50.2 Å². The second-order valence-corrected chi connectivity index (χ2v) is 12.1. The van der Waals surface area contributed by atoms with Crippen molar-refractivity contribution in [1.82, 2.24) is 25.5 Å². The van der Waals surface area contributed by atoms with Crippen LogP contribution in [-0.2, 0) is 11.3 Å². The predicted molar refractivity (Wildman–Crippen MR) is 173 cm³/mol. The number of benzene rings is 1. The Morgan fingerprint density at radius 3 is 2.47 bits per heavy atom. The number of fused-ring (bicyclic) bond motifs is 1. The van der Waals surface area contributed by atoms with Gasteiger partial charge in [0, 0.05) is 43.5 Å². The molecule has 1 saturated heterocycles. The number of anilines is 4. The van der Waals surface area contributed by atoms with Crippen LogP contribution in [0, 0.1) is 0 Å². The summed E-state index contributed by atoms with van der Waals surface area (Å²) in [6.45, 7) is 4.86. The zero-order valence-corrected chi connectivity index (χ0v) is 26.8. The molecule has 1 aliphatic carbocycles. The first-order chi connectivity index (χ1) is 21.7. The molecule has 3 N–H and O–H groups in total. The van der Waals surface area contributed by atoms with Crippen molar-refractivity contribution in [3.63, 3.8) is 0 Å². The predicted octanol–water partition coefficient (Wildman–Crippen LogP) is 4.73. The molecule has 238 valence electrons. The molecule has 3 aromatic rings. The second kappa shape index (κ2) is 12.6. The van der Waals surface area contributed by atoms with Crippen LogP contribution in [0.1, 0.15) is 42.7 Å². The van der Waals surface area contributed by atoms with Crippen LogP contribution in [0.3, 0.4) is 0 Å². The third kappa shape index (κ3) is 5.70. The molecule has 0 bridgehead atoms. The minimum Gasteiger partial charge on any atom is -0.495 e. The SMILES string of the molecule is C=CC(=O)NC1CN(c2[nH]ncc2C2CCCC2)CC1Nc1ncc2c(n1)N(C)C(=O)N(c1c(Cl)c(OC)cc(OC)c1Cl)C2. The molecule has 2 aliphatic heterocycles. The molecule has 3 aliphatic rings. The van der Waals surface area contributed by atoms with Gasteiger partial charge in [-0.1, -0.05) is 42.6 Å². The Hall–Kier alpha value is -4.23. The van der Waals surface area contributed by atoms with E-state index >= 15 is 0 Å². The summed E-state index contributed by atoms with van der Waals surface area (Å²) in [6.07, 6.45) is 9.58. The number of hydrogen-bond donors (Lipinski definition) is 3. The molecule has 15 heteroatoms. The van der Waals surface area contributed by atoms with E-state index in [1.807, 2.05) is 6.20 Å². The second-order valence-electron chi connectivity index (χ2n) is 11.4. The maximum absolute atomic E-state index is 13.7. The highest BCUT2D eigenvalue weighted by Crippen LogP contribution is 2.48. The van der Waals surface area contributed by atoms with E-state index in [1.54, 1.807) is 19.3 Å². The number of halogens is 2. The minimum absolute atomic E-state index is 0.119. The Balaban J connectivity index is 1.26.